The van der Waals surface area contributed by atoms with Crippen LogP contribution in [0.4, 0.5) is 10.8 Å². The van der Waals surface area contributed by atoms with Crippen LogP contribution >= 0.6 is 11.5 Å². The smallest absolute Gasteiger partial charge is 0.249 e. The largest absolute Gasteiger partial charge is 0.497 e. The fraction of sp³-hybridized carbons (Fsp3) is 0.273. The van der Waals surface area contributed by atoms with Crippen LogP contribution < -0.4 is 10.1 Å². The van der Waals surface area contributed by atoms with Crippen molar-refractivity contribution >= 4 is 34.0 Å². The highest BCUT2D eigenvalue weighted by Crippen LogP contribution is 2.41. The van der Waals surface area contributed by atoms with E-state index in [2.05, 4.69) is 24.9 Å². The van der Waals surface area contributed by atoms with Crippen LogP contribution in [0, 0.1) is 24.7 Å². The number of ketones is 1. The van der Waals surface area contributed by atoms with Gasteiger partial charge in [-0.05, 0) is 42.7 Å². The molecule has 3 atom stereocenters. The van der Waals surface area contributed by atoms with Crippen LogP contribution in [-0.4, -0.2) is 28.2 Å². The molecule has 3 unspecified atom stereocenters. The third-order valence-corrected chi connectivity index (χ3v) is 6.03. The Morgan fingerprint density at radius 3 is 2.65 bits per heavy atom. The number of nitrogens with zero attached hydrogens (tertiary/aromatic N) is 4. The van der Waals surface area contributed by atoms with E-state index in [0.717, 1.165) is 17.1 Å². The Hall–Kier alpha value is -3.46. The highest BCUT2D eigenvalue weighted by Gasteiger charge is 2.44. The minimum atomic E-state index is -0.892. The maximum atomic E-state index is 13.4. The Labute approximate surface area is 183 Å². The van der Waals surface area contributed by atoms with E-state index >= 15 is 0 Å². The molecule has 0 fully saturated rings. The minimum Gasteiger partial charge on any atom is -0.497 e. The lowest BCUT2D eigenvalue weighted by molar-refractivity contribution is -0.132. The summed E-state index contributed by atoms with van der Waals surface area (Å²) in [7, 11) is 1.57. The van der Waals surface area contributed by atoms with Gasteiger partial charge in [-0.15, -0.1) is 10.2 Å². The number of nitrogens with one attached hydrogen (secondary N) is 1. The van der Waals surface area contributed by atoms with E-state index in [4.69, 9.17) is 4.74 Å². The zero-order valence-electron chi connectivity index (χ0n) is 17.3. The molecule has 2 aliphatic carbocycles. The van der Waals surface area contributed by atoms with Crippen molar-refractivity contribution in [3.63, 3.8) is 0 Å². The molecule has 0 bridgehead atoms. The molecule has 4 rings (SSSR count). The molecule has 1 amide bonds. The molecule has 158 valence electrons. The molecule has 0 spiro atoms. The number of ether oxygens (including phenoxy) is 1. The fourth-order valence-corrected chi connectivity index (χ4v) is 4.27. The van der Waals surface area contributed by atoms with E-state index in [1.807, 2.05) is 31.2 Å². The number of azo groups is 1. The van der Waals surface area contributed by atoms with Crippen LogP contribution in [-0.2, 0) is 9.59 Å². The first-order chi connectivity index (χ1) is 15.0. The monoisotopic (exact) mass is 435 g/mol. The lowest BCUT2D eigenvalue weighted by Gasteiger charge is -2.34. The van der Waals surface area contributed by atoms with Crippen molar-refractivity contribution in [1.82, 2.24) is 9.36 Å². The van der Waals surface area contributed by atoms with Gasteiger partial charge in [0.1, 0.15) is 23.2 Å². The van der Waals surface area contributed by atoms with Gasteiger partial charge in [-0.3, -0.25) is 9.59 Å². The van der Waals surface area contributed by atoms with E-state index in [0.29, 0.717) is 22.4 Å². The van der Waals surface area contributed by atoms with Crippen molar-refractivity contribution in [2.75, 3.05) is 12.4 Å². The summed E-state index contributed by atoms with van der Waals surface area (Å²) < 4.78 is 9.22. The average molecular weight is 436 g/mol. The first-order valence-electron chi connectivity index (χ1n) is 9.78. The summed E-state index contributed by atoms with van der Waals surface area (Å²) in [6, 6.07) is 6.96. The Bertz CT molecular complexity index is 1130. The van der Waals surface area contributed by atoms with Gasteiger partial charge < -0.3 is 10.1 Å². The molecule has 8 nitrogen and oxygen atoms in total. The molecule has 1 aromatic carbocycles. The maximum Gasteiger partial charge on any atom is 0.249 e. The highest BCUT2D eigenvalue weighted by atomic mass is 32.1. The van der Waals surface area contributed by atoms with Gasteiger partial charge >= 0.3 is 0 Å². The third-order valence-electron chi connectivity index (χ3n) is 5.34. The molecule has 31 heavy (non-hydrogen) atoms. The number of Topliss-reactive ketones (excluding diaryl/α,β-unsaturated/α-hetero) is 1. The molecule has 1 N–H and O–H groups in total. The molecular weight excluding hydrogens is 414 g/mol. The number of carbonyl (C=O) groups is 2. The van der Waals surface area contributed by atoms with E-state index < -0.39 is 5.92 Å². The normalized spacial score (nSPS) is 22.7. The SMILES string of the molecule is COc1ccc(NC(=O)C2C(=O)C(N=Nc3nc(C)ns3)=C3C=CC=CC3C2C)cc1. The van der Waals surface area contributed by atoms with Crippen molar-refractivity contribution in [3.05, 3.63) is 65.7 Å². The number of methoxy groups -OCH3 is 1. The second-order valence-electron chi connectivity index (χ2n) is 7.32. The summed E-state index contributed by atoms with van der Waals surface area (Å²) in [5.74, 6) is -0.684. The molecule has 0 saturated heterocycles. The van der Waals surface area contributed by atoms with Crippen molar-refractivity contribution in [1.29, 1.82) is 0 Å². The minimum absolute atomic E-state index is 0.112. The summed E-state index contributed by atoms with van der Waals surface area (Å²) in [6.45, 7) is 3.67. The highest BCUT2D eigenvalue weighted by molar-refractivity contribution is 7.09. The number of aryl methyl sites for hydroxylation is 1. The Morgan fingerprint density at radius 1 is 1.19 bits per heavy atom. The summed E-state index contributed by atoms with van der Waals surface area (Å²) in [5, 5.41) is 11.5. The summed E-state index contributed by atoms with van der Waals surface area (Å²) in [4.78, 5) is 30.6. The van der Waals surface area contributed by atoms with Crippen molar-refractivity contribution in [3.8, 4) is 5.75 Å². The molecular formula is C22H21N5O3S. The number of amides is 1. The van der Waals surface area contributed by atoms with E-state index in [9.17, 15) is 9.59 Å². The second kappa shape index (κ2) is 8.73. The van der Waals surface area contributed by atoms with Crippen LogP contribution in [0.15, 0.2) is 70.1 Å². The van der Waals surface area contributed by atoms with Crippen LogP contribution in [0.1, 0.15) is 12.7 Å². The van der Waals surface area contributed by atoms with Crippen molar-refractivity contribution in [2.24, 2.45) is 28.0 Å². The first kappa shape index (κ1) is 20.8. The molecule has 1 heterocycles. The lowest BCUT2D eigenvalue weighted by Crippen LogP contribution is -2.42. The number of carbonyl (C=O) groups excluding carboxylic acids is 2. The summed E-state index contributed by atoms with van der Waals surface area (Å²) in [6.07, 6.45) is 7.62. The predicted octanol–water partition coefficient (Wildman–Crippen LogP) is 4.41. The van der Waals surface area contributed by atoms with Gasteiger partial charge in [0, 0.05) is 23.1 Å². The second-order valence-corrected chi connectivity index (χ2v) is 8.05. The molecule has 0 radical (unpaired) electrons. The Balaban J connectivity index is 1.64. The quantitative estimate of drug-likeness (QED) is 0.553. The summed E-state index contributed by atoms with van der Waals surface area (Å²) in [5.41, 5.74) is 1.54. The lowest BCUT2D eigenvalue weighted by atomic mass is 9.69. The average Bonchev–Trinajstić information content (AvgIpc) is 3.19. The number of aromatic nitrogens is 2. The van der Waals surface area contributed by atoms with Gasteiger partial charge in [-0.25, -0.2) is 4.98 Å². The van der Waals surface area contributed by atoms with Crippen LogP contribution in [0.25, 0.3) is 0 Å². The van der Waals surface area contributed by atoms with E-state index in [1.54, 1.807) is 38.3 Å². The van der Waals surface area contributed by atoms with Gasteiger partial charge in [0.2, 0.25) is 11.0 Å². The van der Waals surface area contributed by atoms with Crippen LogP contribution in [0.5, 0.6) is 5.75 Å². The van der Waals surface area contributed by atoms with E-state index in [1.165, 1.54) is 0 Å². The Kier molecular flexibility index (Phi) is 5.85. The Morgan fingerprint density at radius 2 is 1.97 bits per heavy atom. The molecule has 2 aromatic rings. The van der Waals surface area contributed by atoms with Gasteiger partial charge in [-0.1, -0.05) is 31.2 Å². The fourth-order valence-electron chi connectivity index (χ4n) is 3.77. The van der Waals surface area contributed by atoms with Gasteiger partial charge in [-0.2, -0.15) is 4.37 Å². The molecule has 1 aromatic heterocycles. The third kappa shape index (κ3) is 4.22. The standard InChI is InChI=1S/C22H21N5O3S/c1-12-16-6-4-5-7-17(16)19(25-26-22-23-13(2)27-31-22)20(28)18(12)21(29)24-14-8-10-15(30-3)11-9-14/h4-12,16,18H,1-3H3,(H,24,29). The molecule has 9 heteroatoms. The van der Waals surface area contributed by atoms with Crippen molar-refractivity contribution in [2.45, 2.75) is 13.8 Å². The molecule has 2 aliphatic rings. The maximum absolute atomic E-state index is 13.4. The van der Waals surface area contributed by atoms with Crippen LogP contribution in [0.3, 0.4) is 0 Å². The topological polar surface area (TPSA) is 106 Å². The van der Waals surface area contributed by atoms with Crippen molar-refractivity contribution < 1.29 is 14.3 Å². The number of hydrogen-bond donors (Lipinski definition) is 1. The number of rotatable bonds is 5. The number of anilines is 1. The number of benzene rings is 1. The van der Waals surface area contributed by atoms with Gasteiger partial charge in [0.15, 0.2) is 5.78 Å². The predicted molar refractivity (Wildman–Crippen MR) is 117 cm³/mol. The van der Waals surface area contributed by atoms with Crippen LogP contribution in [0.2, 0.25) is 0 Å². The van der Waals surface area contributed by atoms with Gasteiger partial charge in [0.25, 0.3) is 0 Å². The molecule has 0 saturated carbocycles. The zero-order valence-corrected chi connectivity index (χ0v) is 18.1. The first-order valence-corrected chi connectivity index (χ1v) is 10.6. The zero-order chi connectivity index (χ0) is 22.0. The van der Waals surface area contributed by atoms with Gasteiger partial charge in [0.05, 0.1) is 7.11 Å². The number of hydrogen-bond acceptors (Lipinski definition) is 8. The number of allylic oxidation sites excluding steroid dienone is 6. The number of fused-ring (bicyclic) bond motifs is 1. The van der Waals surface area contributed by atoms with E-state index in [-0.39, 0.29) is 29.2 Å². The molecule has 0 aliphatic heterocycles. The summed E-state index contributed by atoms with van der Waals surface area (Å²) >= 11 is 1.10.